The van der Waals surface area contributed by atoms with Crippen LogP contribution in [-0.4, -0.2) is 63.8 Å². The molecule has 0 spiro atoms. The van der Waals surface area contributed by atoms with E-state index in [-0.39, 0.29) is 5.91 Å². The Morgan fingerprint density at radius 1 is 0.914 bits per heavy atom. The van der Waals surface area contributed by atoms with Gasteiger partial charge in [0.1, 0.15) is 11.4 Å². The molecule has 176 valence electrons. The Hall–Kier alpha value is -4.46. The number of benzene rings is 2. The first-order valence-electron chi connectivity index (χ1n) is 11.5. The monoisotopic (exact) mass is 466 g/mol. The Morgan fingerprint density at radius 2 is 1.63 bits per heavy atom. The number of hydrogen-bond acceptors (Lipinski definition) is 6. The number of methoxy groups -OCH3 is 1. The van der Waals surface area contributed by atoms with Crippen molar-refractivity contribution in [3.05, 3.63) is 90.9 Å². The lowest BCUT2D eigenvalue weighted by Gasteiger charge is -2.34. The van der Waals surface area contributed by atoms with Crippen molar-refractivity contribution in [2.45, 2.75) is 0 Å². The van der Waals surface area contributed by atoms with E-state index in [4.69, 9.17) is 9.84 Å². The first-order chi connectivity index (χ1) is 17.2. The third-order valence-electron chi connectivity index (χ3n) is 5.96. The van der Waals surface area contributed by atoms with Crippen molar-refractivity contribution in [1.29, 1.82) is 0 Å². The van der Waals surface area contributed by atoms with Crippen LogP contribution in [0.25, 0.3) is 23.0 Å². The standard InChI is InChI=1S/C27H26N6O2/c1-35-24-11-6-5-10-23(24)26-21(20-33(30-26)22-8-3-2-4-9-22)12-13-25(34)31-16-18-32(19-17-31)27-28-14-7-15-29-27/h2-15,20H,16-19H2,1H3/b13-12+. The number of aromatic nitrogens is 4. The van der Waals surface area contributed by atoms with Crippen LogP contribution in [0.1, 0.15) is 5.56 Å². The lowest BCUT2D eigenvalue weighted by molar-refractivity contribution is -0.126. The van der Waals surface area contributed by atoms with Crippen molar-refractivity contribution in [3.63, 3.8) is 0 Å². The average Bonchev–Trinajstić information content (AvgIpc) is 3.37. The van der Waals surface area contributed by atoms with Crippen LogP contribution in [-0.2, 0) is 4.79 Å². The SMILES string of the molecule is COc1ccccc1-c1nn(-c2ccccc2)cc1/C=C/C(=O)N1CCN(c2ncccn2)CC1. The second-order valence-corrected chi connectivity index (χ2v) is 8.11. The van der Waals surface area contributed by atoms with Crippen molar-refractivity contribution >= 4 is 17.9 Å². The summed E-state index contributed by atoms with van der Waals surface area (Å²) in [6.45, 7) is 2.62. The van der Waals surface area contributed by atoms with Gasteiger partial charge in [-0.25, -0.2) is 14.6 Å². The van der Waals surface area contributed by atoms with Gasteiger partial charge in [0, 0.05) is 62.0 Å². The van der Waals surface area contributed by atoms with Crippen LogP contribution in [0.2, 0.25) is 0 Å². The predicted molar refractivity (Wildman–Crippen MR) is 135 cm³/mol. The van der Waals surface area contributed by atoms with Crippen molar-refractivity contribution < 1.29 is 9.53 Å². The van der Waals surface area contributed by atoms with E-state index in [0.29, 0.717) is 32.1 Å². The molecule has 8 nitrogen and oxygen atoms in total. The Balaban J connectivity index is 1.37. The minimum atomic E-state index is -0.0305. The smallest absolute Gasteiger partial charge is 0.246 e. The molecule has 1 saturated heterocycles. The number of anilines is 1. The zero-order valence-electron chi connectivity index (χ0n) is 19.5. The van der Waals surface area contributed by atoms with Crippen molar-refractivity contribution in [2.75, 3.05) is 38.2 Å². The molecule has 1 aliphatic heterocycles. The minimum Gasteiger partial charge on any atom is -0.496 e. The molecule has 3 heterocycles. The van der Waals surface area contributed by atoms with Gasteiger partial charge in [-0.05, 0) is 36.4 Å². The number of para-hydroxylation sites is 2. The molecule has 4 aromatic rings. The molecule has 0 aliphatic carbocycles. The molecule has 0 saturated carbocycles. The van der Waals surface area contributed by atoms with E-state index in [9.17, 15) is 4.79 Å². The van der Waals surface area contributed by atoms with Gasteiger partial charge < -0.3 is 14.5 Å². The maximum Gasteiger partial charge on any atom is 0.246 e. The molecule has 0 unspecified atom stereocenters. The van der Waals surface area contributed by atoms with Gasteiger partial charge in [0.15, 0.2) is 0 Å². The fourth-order valence-corrected chi connectivity index (χ4v) is 4.12. The fraction of sp³-hybridized carbons (Fsp3) is 0.185. The molecule has 0 radical (unpaired) electrons. The van der Waals surface area contributed by atoms with E-state index in [1.807, 2.05) is 76.5 Å². The zero-order valence-corrected chi connectivity index (χ0v) is 19.5. The van der Waals surface area contributed by atoms with Gasteiger partial charge in [0.25, 0.3) is 0 Å². The summed E-state index contributed by atoms with van der Waals surface area (Å²) in [5.41, 5.74) is 3.39. The number of amides is 1. The van der Waals surface area contributed by atoms with Crippen molar-refractivity contribution in [2.24, 2.45) is 0 Å². The number of carbonyl (C=O) groups excluding carboxylic acids is 1. The topological polar surface area (TPSA) is 76.4 Å². The van der Waals surface area contributed by atoms with Crippen molar-refractivity contribution in [3.8, 4) is 22.7 Å². The van der Waals surface area contributed by atoms with Crippen LogP contribution in [0.4, 0.5) is 5.95 Å². The Kier molecular flexibility index (Phi) is 6.52. The fourth-order valence-electron chi connectivity index (χ4n) is 4.12. The van der Waals surface area contributed by atoms with Crippen LogP contribution in [0.5, 0.6) is 5.75 Å². The highest BCUT2D eigenvalue weighted by molar-refractivity contribution is 5.93. The summed E-state index contributed by atoms with van der Waals surface area (Å²) in [6.07, 6.45) is 8.86. The van der Waals surface area contributed by atoms with E-state index in [2.05, 4.69) is 14.9 Å². The van der Waals surface area contributed by atoms with Crippen LogP contribution < -0.4 is 9.64 Å². The third-order valence-corrected chi connectivity index (χ3v) is 5.96. The van der Waals surface area contributed by atoms with Crippen LogP contribution in [0.15, 0.2) is 85.3 Å². The van der Waals surface area contributed by atoms with Gasteiger partial charge in [-0.15, -0.1) is 0 Å². The van der Waals surface area contributed by atoms with Gasteiger partial charge in [-0.2, -0.15) is 5.10 Å². The summed E-state index contributed by atoms with van der Waals surface area (Å²) in [6, 6.07) is 19.5. The molecule has 0 bridgehead atoms. The highest BCUT2D eigenvalue weighted by Gasteiger charge is 2.21. The molecule has 0 N–H and O–H groups in total. The summed E-state index contributed by atoms with van der Waals surface area (Å²) in [7, 11) is 1.65. The quantitative estimate of drug-likeness (QED) is 0.404. The molecule has 2 aromatic carbocycles. The van der Waals surface area contributed by atoms with Gasteiger partial charge >= 0.3 is 0 Å². The van der Waals surface area contributed by atoms with Gasteiger partial charge in [-0.1, -0.05) is 30.3 Å². The van der Waals surface area contributed by atoms with Crippen LogP contribution in [0, 0.1) is 0 Å². The molecule has 5 rings (SSSR count). The molecule has 2 aromatic heterocycles. The van der Waals surface area contributed by atoms with E-state index in [1.54, 1.807) is 31.6 Å². The number of rotatable bonds is 6. The van der Waals surface area contributed by atoms with Gasteiger partial charge in [0.05, 0.1) is 12.8 Å². The lowest BCUT2D eigenvalue weighted by Crippen LogP contribution is -2.48. The van der Waals surface area contributed by atoms with E-state index >= 15 is 0 Å². The summed E-state index contributed by atoms with van der Waals surface area (Å²) >= 11 is 0. The third kappa shape index (κ3) is 4.91. The van der Waals surface area contributed by atoms with Gasteiger partial charge in [-0.3, -0.25) is 4.79 Å². The maximum atomic E-state index is 13.0. The molecule has 1 aliphatic rings. The van der Waals surface area contributed by atoms with Crippen LogP contribution >= 0.6 is 0 Å². The maximum absolute atomic E-state index is 13.0. The number of ether oxygens (including phenoxy) is 1. The molecular formula is C27H26N6O2. The molecule has 35 heavy (non-hydrogen) atoms. The number of carbonyl (C=O) groups is 1. The lowest BCUT2D eigenvalue weighted by atomic mass is 10.1. The second-order valence-electron chi connectivity index (χ2n) is 8.11. The number of nitrogens with zero attached hydrogens (tertiary/aromatic N) is 6. The highest BCUT2D eigenvalue weighted by atomic mass is 16.5. The predicted octanol–water partition coefficient (Wildman–Crippen LogP) is 3.70. The zero-order chi connectivity index (χ0) is 24.0. The molecule has 0 atom stereocenters. The summed E-state index contributed by atoms with van der Waals surface area (Å²) in [5.74, 6) is 1.40. The summed E-state index contributed by atoms with van der Waals surface area (Å²) < 4.78 is 7.40. The molecular weight excluding hydrogens is 440 g/mol. The summed E-state index contributed by atoms with van der Waals surface area (Å²) in [4.78, 5) is 25.6. The van der Waals surface area contributed by atoms with Crippen molar-refractivity contribution in [1.82, 2.24) is 24.6 Å². The van der Waals surface area contributed by atoms with E-state index in [0.717, 1.165) is 28.3 Å². The van der Waals surface area contributed by atoms with E-state index < -0.39 is 0 Å². The first-order valence-corrected chi connectivity index (χ1v) is 11.5. The highest BCUT2D eigenvalue weighted by Crippen LogP contribution is 2.32. The minimum absolute atomic E-state index is 0.0305. The largest absolute Gasteiger partial charge is 0.496 e. The molecule has 8 heteroatoms. The summed E-state index contributed by atoms with van der Waals surface area (Å²) in [5, 5.41) is 4.83. The normalized spacial score (nSPS) is 13.9. The molecule has 1 amide bonds. The first kappa shape index (κ1) is 22.3. The number of piperazine rings is 1. The Bertz CT molecular complexity index is 1310. The number of hydrogen-bond donors (Lipinski definition) is 0. The Labute approximate surface area is 204 Å². The second kappa shape index (κ2) is 10.2. The average molecular weight is 467 g/mol. The molecule has 1 fully saturated rings. The van der Waals surface area contributed by atoms with Crippen LogP contribution in [0.3, 0.4) is 0 Å². The van der Waals surface area contributed by atoms with Gasteiger partial charge in [0.2, 0.25) is 11.9 Å². The van der Waals surface area contributed by atoms with E-state index in [1.165, 1.54) is 0 Å². The Morgan fingerprint density at radius 3 is 2.37 bits per heavy atom.